The molecule has 0 heterocycles. The van der Waals surface area contributed by atoms with E-state index >= 15 is 0 Å². The number of rotatable bonds is 2. The van der Waals surface area contributed by atoms with Crippen molar-refractivity contribution in [2.24, 2.45) is 5.92 Å². The molecule has 0 nitrogen and oxygen atoms in total. The zero-order valence-corrected chi connectivity index (χ0v) is 12.9. The molecule has 1 saturated carbocycles. The lowest BCUT2D eigenvalue weighted by molar-refractivity contribution is 0.266. The molecule has 0 aromatic heterocycles. The van der Waals surface area contributed by atoms with Crippen molar-refractivity contribution in [2.75, 3.05) is 0 Å². The first kappa shape index (κ1) is 12.7. The molecule has 0 N–H and O–H groups in total. The molecule has 106 valence electrons. The van der Waals surface area contributed by atoms with E-state index in [-0.39, 0.29) is 0 Å². The molecule has 20 heavy (non-hydrogen) atoms. The second-order valence-electron chi connectivity index (χ2n) is 7.38. The Bertz CT molecular complexity index is 565. The van der Waals surface area contributed by atoms with Crippen LogP contribution in [0.15, 0.2) is 29.8 Å². The Morgan fingerprint density at radius 1 is 1.35 bits per heavy atom. The van der Waals surface area contributed by atoms with E-state index in [4.69, 9.17) is 0 Å². The Balaban J connectivity index is 1.90. The summed E-state index contributed by atoms with van der Waals surface area (Å²) in [6, 6.07) is 7.16. The minimum absolute atomic E-state index is 0.525. The van der Waals surface area contributed by atoms with E-state index in [9.17, 15) is 0 Å². The van der Waals surface area contributed by atoms with Crippen LogP contribution in [0.1, 0.15) is 75.0 Å². The Kier molecular flexibility index (Phi) is 2.84. The molecule has 0 aliphatic heterocycles. The summed E-state index contributed by atoms with van der Waals surface area (Å²) in [7, 11) is 0. The van der Waals surface area contributed by atoms with Crippen LogP contribution in [0.2, 0.25) is 0 Å². The van der Waals surface area contributed by atoms with Crippen molar-refractivity contribution in [2.45, 2.75) is 70.1 Å². The molecule has 0 heteroatoms. The van der Waals surface area contributed by atoms with Crippen LogP contribution in [-0.4, -0.2) is 0 Å². The van der Waals surface area contributed by atoms with Crippen molar-refractivity contribution >= 4 is 0 Å². The summed E-state index contributed by atoms with van der Waals surface area (Å²) in [5.41, 5.74) is 7.45. The van der Waals surface area contributed by atoms with Crippen LogP contribution in [-0.2, 0) is 11.8 Å². The first-order valence-corrected chi connectivity index (χ1v) is 8.55. The summed E-state index contributed by atoms with van der Waals surface area (Å²) in [6.45, 7) is 4.76. The number of allylic oxidation sites excluding steroid dienone is 2. The van der Waals surface area contributed by atoms with E-state index in [1.54, 1.807) is 22.3 Å². The molecule has 1 fully saturated rings. The van der Waals surface area contributed by atoms with Gasteiger partial charge in [-0.05, 0) is 73.5 Å². The van der Waals surface area contributed by atoms with Crippen molar-refractivity contribution in [3.63, 3.8) is 0 Å². The van der Waals surface area contributed by atoms with Gasteiger partial charge in [0.1, 0.15) is 0 Å². The van der Waals surface area contributed by atoms with Gasteiger partial charge in [-0.25, -0.2) is 0 Å². The molecule has 4 rings (SSSR count). The first-order valence-electron chi connectivity index (χ1n) is 8.55. The highest BCUT2D eigenvalue weighted by molar-refractivity contribution is 5.49. The number of hydrogen-bond acceptors (Lipinski definition) is 0. The highest BCUT2D eigenvalue weighted by Gasteiger charge is 2.50. The zero-order valence-electron chi connectivity index (χ0n) is 12.9. The van der Waals surface area contributed by atoms with Gasteiger partial charge in [-0.2, -0.15) is 0 Å². The minimum Gasteiger partial charge on any atom is -0.0850 e. The van der Waals surface area contributed by atoms with Crippen LogP contribution in [0, 0.1) is 5.92 Å². The third-order valence-electron chi connectivity index (χ3n) is 6.42. The molecular formula is C20H26. The summed E-state index contributed by atoms with van der Waals surface area (Å²) in [4.78, 5) is 0. The van der Waals surface area contributed by atoms with Gasteiger partial charge in [-0.1, -0.05) is 43.7 Å². The topological polar surface area (TPSA) is 0 Å². The molecule has 3 aliphatic rings. The van der Waals surface area contributed by atoms with Gasteiger partial charge in [0.2, 0.25) is 0 Å². The fourth-order valence-electron chi connectivity index (χ4n) is 5.28. The molecule has 3 aliphatic carbocycles. The van der Waals surface area contributed by atoms with E-state index in [1.165, 1.54) is 44.9 Å². The average molecular weight is 266 g/mol. The average Bonchev–Trinajstić information content (AvgIpc) is 3.07. The van der Waals surface area contributed by atoms with Crippen LogP contribution >= 0.6 is 0 Å². The molecular weight excluding hydrogens is 240 g/mol. The maximum Gasteiger partial charge on any atom is 0.00300 e. The fraction of sp³-hybridized carbons (Fsp3) is 0.600. The van der Waals surface area contributed by atoms with Crippen LogP contribution < -0.4 is 0 Å². The third-order valence-corrected chi connectivity index (χ3v) is 6.42. The van der Waals surface area contributed by atoms with Gasteiger partial charge in [0.05, 0.1) is 0 Å². The predicted octanol–water partition coefficient (Wildman–Crippen LogP) is 5.51. The summed E-state index contributed by atoms with van der Waals surface area (Å²) in [6.07, 6.45) is 12.1. The molecule has 2 bridgehead atoms. The quantitative estimate of drug-likeness (QED) is 0.619. The highest BCUT2D eigenvalue weighted by Crippen LogP contribution is 2.59. The van der Waals surface area contributed by atoms with Crippen molar-refractivity contribution < 1.29 is 0 Å². The van der Waals surface area contributed by atoms with Gasteiger partial charge in [0.25, 0.3) is 0 Å². The molecule has 0 saturated heterocycles. The van der Waals surface area contributed by atoms with Crippen molar-refractivity contribution in [3.05, 3.63) is 46.5 Å². The first-order chi connectivity index (χ1) is 9.74. The highest BCUT2D eigenvalue weighted by atomic mass is 14.5. The number of hydrogen-bond donors (Lipinski definition) is 0. The zero-order chi connectivity index (χ0) is 13.7. The summed E-state index contributed by atoms with van der Waals surface area (Å²) in [5.74, 6) is 1.63. The molecule has 1 aromatic rings. The fourth-order valence-corrected chi connectivity index (χ4v) is 5.28. The van der Waals surface area contributed by atoms with Crippen LogP contribution in [0.5, 0.6) is 0 Å². The maximum absolute atomic E-state index is 2.54. The number of fused-ring (bicyclic) bond motifs is 5. The predicted molar refractivity (Wildman–Crippen MR) is 85.2 cm³/mol. The van der Waals surface area contributed by atoms with E-state index in [2.05, 4.69) is 38.1 Å². The molecule has 3 unspecified atom stereocenters. The van der Waals surface area contributed by atoms with Gasteiger partial charge in [0, 0.05) is 5.41 Å². The van der Waals surface area contributed by atoms with Gasteiger partial charge >= 0.3 is 0 Å². The lowest BCUT2D eigenvalue weighted by Crippen LogP contribution is -2.36. The smallest absolute Gasteiger partial charge is 0.00300 e. The summed E-state index contributed by atoms with van der Waals surface area (Å²) < 4.78 is 0. The summed E-state index contributed by atoms with van der Waals surface area (Å²) in [5, 5.41) is 0. The Labute approximate surface area is 123 Å². The SMILES string of the molecule is CCC(C)c1cccc2c1C1(CCC2)CC2=CCC1C2. The molecule has 1 spiro atoms. The second kappa shape index (κ2) is 4.48. The maximum atomic E-state index is 2.54. The standard InChI is InChI=1S/C20H26/c1-3-14(2)18-8-4-6-16-7-5-11-20(19(16)18)13-15-9-10-17(20)12-15/h4,6,8-9,14,17H,3,5,7,10-13H2,1-2H3. The largest absolute Gasteiger partial charge is 0.0850 e. The Morgan fingerprint density at radius 3 is 2.95 bits per heavy atom. The normalized spacial score (nSPS) is 32.3. The van der Waals surface area contributed by atoms with E-state index in [0.29, 0.717) is 11.3 Å². The van der Waals surface area contributed by atoms with Crippen LogP contribution in [0.4, 0.5) is 0 Å². The lowest BCUT2D eigenvalue weighted by Gasteiger charge is -2.43. The van der Waals surface area contributed by atoms with E-state index in [1.807, 2.05) is 0 Å². The van der Waals surface area contributed by atoms with Gasteiger partial charge in [-0.15, -0.1) is 0 Å². The van der Waals surface area contributed by atoms with E-state index in [0.717, 1.165) is 5.92 Å². The number of benzene rings is 1. The van der Waals surface area contributed by atoms with Crippen molar-refractivity contribution in [1.82, 2.24) is 0 Å². The van der Waals surface area contributed by atoms with Crippen molar-refractivity contribution in [1.29, 1.82) is 0 Å². The van der Waals surface area contributed by atoms with Gasteiger partial charge in [0.15, 0.2) is 0 Å². The van der Waals surface area contributed by atoms with Gasteiger partial charge in [-0.3, -0.25) is 0 Å². The molecule has 3 atom stereocenters. The monoisotopic (exact) mass is 266 g/mol. The van der Waals surface area contributed by atoms with Crippen LogP contribution in [0.3, 0.4) is 0 Å². The Morgan fingerprint density at radius 2 is 2.25 bits per heavy atom. The van der Waals surface area contributed by atoms with Crippen LogP contribution in [0.25, 0.3) is 0 Å². The third kappa shape index (κ3) is 1.60. The molecule has 0 radical (unpaired) electrons. The minimum atomic E-state index is 0.525. The Hall–Kier alpha value is -1.04. The molecule has 1 aromatic carbocycles. The number of aryl methyl sites for hydroxylation is 1. The lowest BCUT2D eigenvalue weighted by atomic mass is 9.60. The second-order valence-corrected chi connectivity index (χ2v) is 7.38. The van der Waals surface area contributed by atoms with Crippen molar-refractivity contribution in [3.8, 4) is 0 Å². The molecule has 0 amide bonds. The summed E-state index contributed by atoms with van der Waals surface area (Å²) >= 11 is 0. The van der Waals surface area contributed by atoms with E-state index < -0.39 is 0 Å². The van der Waals surface area contributed by atoms with Gasteiger partial charge < -0.3 is 0 Å².